The minimum absolute atomic E-state index is 0.547. The Labute approximate surface area is 336 Å². The zero-order valence-corrected chi connectivity index (χ0v) is 31.9. The lowest BCUT2D eigenvalue weighted by Crippen LogP contribution is -2.29. The van der Waals surface area contributed by atoms with Gasteiger partial charge in [-0.05, 0) is 116 Å². The molecule has 0 amide bonds. The van der Waals surface area contributed by atoms with Gasteiger partial charge in [-0.1, -0.05) is 158 Å². The number of hydrogen-bond donors (Lipinski definition) is 0. The van der Waals surface area contributed by atoms with E-state index in [1.54, 1.807) is 0 Å². The van der Waals surface area contributed by atoms with Gasteiger partial charge in [-0.2, -0.15) is 0 Å². The molecular formula is C55H35NS. The van der Waals surface area contributed by atoms with Gasteiger partial charge in [0.05, 0.1) is 11.1 Å². The first-order valence-electron chi connectivity index (χ1n) is 19.7. The molecule has 2 heteroatoms. The molecule has 266 valence electrons. The Morgan fingerprint density at radius 2 is 0.982 bits per heavy atom. The Kier molecular flexibility index (Phi) is 7.08. The lowest BCUT2D eigenvalue weighted by molar-refractivity contribution is 0.779. The van der Waals surface area contributed by atoms with Crippen molar-refractivity contribution in [2.75, 3.05) is 4.90 Å². The largest absolute Gasteiger partial charge is 0.310 e. The number of thiophene rings is 1. The highest BCUT2D eigenvalue weighted by Gasteiger charge is 2.49. The fourth-order valence-corrected chi connectivity index (χ4v) is 11.0. The van der Waals surface area contributed by atoms with E-state index in [9.17, 15) is 0 Å². The van der Waals surface area contributed by atoms with E-state index in [1.807, 2.05) is 11.3 Å². The van der Waals surface area contributed by atoms with Crippen molar-refractivity contribution in [2.24, 2.45) is 5.41 Å². The highest BCUT2D eigenvalue weighted by atomic mass is 32.1. The first-order valence-corrected chi connectivity index (χ1v) is 20.5. The fraction of sp³-hybridized carbons (Fsp3) is 0.0182. The summed E-state index contributed by atoms with van der Waals surface area (Å²) in [6, 6.07) is 62.2. The minimum Gasteiger partial charge on any atom is -0.310 e. The third kappa shape index (κ3) is 4.68. The zero-order valence-electron chi connectivity index (χ0n) is 31.1. The van der Waals surface area contributed by atoms with Crippen LogP contribution in [0.2, 0.25) is 0 Å². The number of benzene rings is 7. The fourth-order valence-electron chi connectivity index (χ4n) is 9.90. The van der Waals surface area contributed by atoms with E-state index in [4.69, 9.17) is 0 Å². The molecule has 12 rings (SSSR count). The molecule has 0 saturated heterocycles. The van der Waals surface area contributed by atoms with Crippen molar-refractivity contribution in [3.8, 4) is 11.1 Å². The van der Waals surface area contributed by atoms with Crippen LogP contribution in [0.1, 0.15) is 27.8 Å². The molecule has 7 aromatic carbocycles. The predicted octanol–water partition coefficient (Wildman–Crippen LogP) is 15.1. The van der Waals surface area contributed by atoms with Gasteiger partial charge in [-0.15, -0.1) is 11.3 Å². The van der Waals surface area contributed by atoms with Gasteiger partial charge in [0.2, 0.25) is 0 Å². The maximum atomic E-state index is 2.48. The standard InChI is InChI=1S/C55H35NS/c1-3-18-38(19-4-1)56(39-20-5-2-6-21-39)50-28-13-25-44(53(50)46-26-14-30-52-54(46)45-24-11-12-29-51(45)57-52)47-32-31-43-41-23-10-8-17-37(41)35-49(43)55(47)33-15-27-42-40-22-9-7-16-36(40)34-48(42)55/h1-35H. The lowest BCUT2D eigenvalue weighted by Gasteiger charge is -2.43. The van der Waals surface area contributed by atoms with Crippen LogP contribution in [0.4, 0.5) is 17.1 Å². The van der Waals surface area contributed by atoms with Gasteiger partial charge in [0.25, 0.3) is 0 Å². The predicted molar refractivity (Wildman–Crippen MR) is 244 cm³/mol. The summed E-state index contributed by atoms with van der Waals surface area (Å²) in [7, 11) is 0. The molecule has 0 saturated carbocycles. The Balaban J connectivity index is 1.21. The van der Waals surface area contributed by atoms with E-state index >= 15 is 0 Å². The summed E-state index contributed by atoms with van der Waals surface area (Å²) < 4.78 is 2.59. The third-order valence-electron chi connectivity index (χ3n) is 12.3. The minimum atomic E-state index is -0.547. The molecule has 8 aromatic rings. The molecule has 0 N–H and O–H groups in total. The number of fused-ring (bicyclic) bond motifs is 11. The second kappa shape index (κ2) is 12.5. The van der Waals surface area contributed by atoms with E-state index in [-0.39, 0.29) is 0 Å². The maximum absolute atomic E-state index is 2.48. The van der Waals surface area contributed by atoms with Crippen molar-refractivity contribution in [1.82, 2.24) is 0 Å². The monoisotopic (exact) mass is 741 g/mol. The molecule has 4 aliphatic carbocycles. The van der Waals surface area contributed by atoms with E-state index in [1.165, 1.54) is 87.0 Å². The summed E-state index contributed by atoms with van der Waals surface area (Å²) in [5.74, 6) is 0. The highest BCUT2D eigenvalue weighted by molar-refractivity contribution is 7.25. The van der Waals surface area contributed by atoms with Gasteiger partial charge < -0.3 is 4.90 Å². The molecule has 0 fully saturated rings. The first-order chi connectivity index (χ1) is 28.3. The van der Waals surface area contributed by atoms with Crippen molar-refractivity contribution in [1.29, 1.82) is 0 Å². The van der Waals surface area contributed by atoms with Crippen LogP contribution in [0, 0.1) is 5.41 Å². The summed E-state index contributed by atoms with van der Waals surface area (Å²) in [5, 5.41) is 2.59. The molecule has 1 spiro atoms. The molecule has 1 unspecified atom stereocenters. The van der Waals surface area contributed by atoms with Crippen molar-refractivity contribution in [3.05, 3.63) is 239 Å². The average Bonchev–Trinajstić information content (AvgIpc) is 3.97. The van der Waals surface area contributed by atoms with Crippen molar-refractivity contribution in [3.63, 3.8) is 0 Å². The van der Waals surface area contributed by atoms with Crippen LogP contribution >= 0.6 is 11.3 Å². The van der Waals surface area contributed by atoms with E-state index in [0.717, 1.165) is 17.1 Å². The van der Waals surface area contributed by atoms with Gasteiger partial charge in [0.15, 0.2) is 0 Å². The third-order valence-corrected chi connectivity index (χ3v) is 13.4. The second-order valence-corrected chi connectivity index (χ2v) is 16.3. The summed E-state index contributed by atoms with van der Waals surface area (Å²) in [4.78, 5) is 2.45. The van der Waals surface area contributed by atoms with Crippen molar-refractivity contribution in [2.45, 2.75) is 0 Å². The smallest absolute Gasteiger partial charge is 0.0653 e. The van der Waals surface area contributed by atoms with Gasteiger partial charge in [-0.25, -0.2) is 0 Å². The zero-order chi connectivity index (χ0) is 37.5. The topological polar surface area (TPSA) is 3.24 Å². The Morgan fingerprint density at radius 1 is 0.421 bits per heavy atom. The molecule has 1 nitrogen and oxygen atoms in total. The van der Waals surface area contributed by atoms with Crippen LogP contribution in [-0.2, 0) is 0 Å². The molecule has 0 aliphatic heterocycles. The summed E-state index contributed by atoms with van der Waals surface area (Å²) in [6.07, 6.45) is 16.9. The number of nitrogens with zero attached hydrogens (tertiary/aromatic N) is 1. The van der Waals surface area contributed by atoms with Crippen molar-refractivity contribution >= 4 is 77.4 Å². The van der Waals surface area contributed by atoms with Gasteiger partial charge in [-0.3, -0.25) is 0 Å². The van der Waals surface area contributed by atoms with Crippen LogP contribution in [0.15, 0.2) is 211 Å². The normalized spacial score (nSPS) is 17.3. The van der Waals surface area contributed by atoms with Gasteiger partial charge >= 0.3 is 0 Å². The van der Waals surface area contributed by atoms with Crippen LogP contribution in [-0.4, -0.2) is 0 Å². The Bertz CT molecular complexity index is 3100. The number of allylic oxidation sites excluding steroid dienone is 10. The maximum Gasteiger partial charge on any atom is 0.0653 e. The summed E-state index contributed by atoms with van der Waals surface area (Å²) >= 11 is 1.88. The molecule has 4 aliphatic rings. The van der Waals surface area contributed by atoms with Crippen LogP contribution < -0.4 is 4.90 Å². The SMILES string of the molecule is C1=CC2(C3=Cc4ccccc4C3=C1)C1=Cc3ccccc3C1=CC=C2c1cccc(N(c2ccccc2)c2ccccc2)c1-c1cccc2sc3ccccc3c12. The van der Waals surface area contributed by atoms with Gasteiger partial charge in [0.1, 0.15) is 0 Å². The molecular weight excluding hydrogens is 707 g/mol. The van der Waals surface area contributed by atoms with E-state index < -0.39 is 5.41 Å². The molecule has 0 bridgehead atoms. The number of anilines is 3. The molecule has 1 heterocycles. The molecule has 1 atom stereocenters. The average molecular weight is 742 g/mol. The molecule has 0 radical (unpaired) electrons. The van der Waals surface area contributed by atoms with Crippen LogP contribution in [0.25, 0.3) is 60.2 Å². The number of hydrogen-bond acceptors (Lipinski definition) is 2. The lowest BCUT2D eigenvalue weighted by atomic mass is 9.59. The Morgan fingerprint density at radius 3 is 1.70 bits per heavy atom. The van der Waals surface area contributed by atoms with Crippen LogP contribution in [0.5, 0.6) is 0 Å². The van der Waals surface area contributed by atoms with E-state index in [0.29, 0.717) is 0 Å². The Hall–Kier alpha value is -7.00. The number of para-hydroxylation sites is 2. The number of rotatable bonds is 5. The quantitative estimate of drug-likeness (QED) is 0.170. The van der Waals surface area contributed by atoms with Gasteiger partial charge in [0, 0.05) is 37.1 Å². The molecule has 1 aromatic heterocycles. The summed E-state index contributed by atoms with van der Waals surface area (Å²) in [6.45, 7) is 0. The van der Waals surface area contributed by atoms with Crippen molar-refractivity contribution < 1.29 is 0 Å². The second-order valence-electron chi connectivity index (χ2n) is 15.2. The van der Waals surface area contributed by atoms with Crippen LogP contribution in [0.3, 0.4) is 0 Å². The summed E-state index contributed by atoms with van der Waals surface area (Å²) in [5.41, 5.74) is 18.2. The van der Waals surface area contributed by atoms with E-state index in [2.05, 4.69) is 217 Å². The highest BCUT2D eigenvalue weighted by Crippen LogP contribution is 2.65. The first kappa shape index (κ1) is 32.3. The molecule has 57 heavy (non-hydrogen) atoms.